The van der Waals surface area contributed by atoms with Crippen molar-refractivity contribution >= 4 is 12.5 Å². The number of rotatable bonds is 5. The van der Waals surface area contributed by atoms with Crippen LogP contribution in [0.1, 0.15) is 40.0 Å². The minimum atomic E-state index is -0.478. The van der Waals surface area contributed by atoms with Crippen LogP contribution >= 0.6 is 0 Å². The third kappa shape index (κ3) is 4.98. The van der Waals surface area contributed by atoms with Gasteiger partial charge in [-0.05, 0) is 42.7 Å². The van der Waals surface area contributed by atoms with Gasteiger partial charge in [-0.2, -0.15) is 0 Å². The molecule has 23 heavy (non-hydrogen) atoms. The quantitative estimate of drug-likeness (QED) is 0.820. The summed E-state index contributed by atoms with van der Waals surface area (Å²) in [5.74, 6) is 0.968. The summed E-state index contributed by atoms with van der Waals surface area (Å²) in [6, 6.07) is 8.98. The third-order valence-electron chi connectivity index (χ3n) is 4.30. The van der Waals surface area contributed by atoms with Gasteiger partial charge in [-0.3, -0.25) is 4.79 Å². The van der Waals surface area contributed by atoms with E-state index in [2.05, 4.69) is 31.4 Å². The molecule has 0 bridgehead atoms. The summed E-state index contributed by atoms with van der Waals surface area (Å²) in [5.41, 5.74) is -0.379. The van der Waals surface area contributed by atoms with Crippen molar-refractivity contribution in [2.24, 2.45) is 11.3 Å². The number of para-hydroxylation sites is 1. The highest BCUT2D eigenvalue weighted by Gasteiger charge is 2.44. The molecule has 0 saturated heterocycles. The minimum absolute atomic E-state index is 0.0995. The van der Waals surface area contributed by atoms with Crippen molar-refractivity contribution in [2.45, 2.75) is 45.6 Å². The van der Waals surface area contributed by atoms with Gasteiger partial charge in [-0.15, -0.1) is 0 Å². The molecule has 5 nitrogen and oxygen atoms in total. The van der Waals surface area contributed by atoms with Crippen LogP contribution in [-0.4, -0.2) is 24.6 Å². The van der Waals surface area contributed by atoms with Crippen molar-refractivity contribution in [1.29, 1.82) is 0 Å². The molecular formula is C18H26N2O3. The first kappa shape index (κ1) is 17.3. The summed E-state index contributed by atoms with van der Waals surface area (Å²) in [4.78, 5) is 23.1. The summed E-state index contributed by atoms with van der Waals surface area (Å²) >= 11 is 0. The van der Waals surface area contributed by atoms with Gasteiger partial charge in [-0.25, -0.2) is 4.79 Å². The Labute approximate surface area is 137 Å². The SMILES string of the molecule is CC1CC(C)(C)CC(CNC=O)(NC(=O)Oc2ccccc2)C1. The lowest BCUT2D eigenvalue weighted by Gasteiger charge is -2.47. The molecule has 5 heteroatoms. The Morgan fingerprint density at radius 3 is 2.61 bits per heavy atom. The van der Waals surface area contributed by atoms with Gasteiger partial charge in [0.1, 0.15) is 5.75 Å². The predicted molar refractivity (Wildman–Crippen MR) is 89.2 cm³/mol. The van der Waals surface area contributed by atoms with Crippen LogP contribution in [-0.2, 0) is 4.79 Å². The smallest absolute Gasteiger partial charge is 0.410 e. The summed E-state index contributed by atoms with van der Waals surface area (Å²) in [7, 11) is 0. The first-order chi connectivity index (χ1) is 10.8. The van der Waals surface area contributed by atoms with E-state index in [1.165, 1.54) is 0 Å². The molecule has 1 aliphatic carbocycles. The normalized spacial score (nSPS) is 26.1. The topological polar surface area (TPSA) is 67.4 Å². The van der Waals surface area contributed by atoms with E-state index in [0.717, 1.165) is 19.3 Å². The fourth-order valence-corrected chi connectivity index (χ4v) is 4.09. The average molecular weight is 318 g/mol. The second-order valence-corrected chi connectivity index (χ2v) is 7.46. The monoisotopic (exact) mass is 318 g/mol. The van der Waals surface area contributed by atoms with Crippen molar-refractivity contribution in [3.63, 3.8) is 0 Å². The molecule has 0 aliphatic heterocycles. The van der Waals surface area contributed by atoms with Gasteiger partial charge in [-0.1, -0.05) is 39.0 Å². The maximum Gasteiger partial charge on any atom is 0.413 e. The summed E-state index contributed by atoms with van der Waals surface area (Å²) in [6.07, 6.45) is 2.92. The van der Waals surface area contributed by atoms with Crippen LogP contribution in [0.5, 0.6) is 5.75 Å². The van der Waals surface area contributed by atoms with Crippen molar-refractivity contribution < 1.29 is 14.3 Å². The van der Waals surface area contributed by atoms with Gasteiger partial charge in [0.25, 0.3) is 0 Å². The first-order valence-electron chi connectivity index (χ1n) is 8.06. The predicted octanol–water partition coefficient (Wildman–Crippen LogP) is 3.11. The second kappa shape index (κ2) is 7.02. The highest BCUT2D eigenvalue weighted by Crippen LogP contribution is 2.43. The Hall–Kier alpha value is -2.04. The highest BCUT2D eigenvalue weighted by molar-refractivity contribution is 5.71. The molecule has 2 rings (SSSR count). The maximum atomic E-state index is 12.3. The standard InChI is InChI=1S/C18H26N2O3/c1-14-9-17(2,3)11-18(10-14,12-19-13-21)20-16(22)23-15-7-5-4-6-8-15/h4-8,13-14H,9-12H2,1-3H3,(H,19,21)(H,20,22). The van der Waals surface area contributed by atoms with Gasteiger partial charge >= 0.3 is 6.09 Å². The molecule has 2 unspecified atom stereocenters. The number of benzene rings is 1. The molecule has 0 aromatic heterocycles. The lowest BCUT2D eigenvalue weighted by atomic mass is 9.64. The van der Waals surface area contributed by atoms with Gasteiger partial charge < -0.3 is 15.4 Å². The fraction of sp³-hybridized carbons (Fsp3) is 0.556. The molecule has 1 saturated carbocycles. The van der Waals surface area contributed by atoms with Crippen LogP contribution < -0.4 is 15.4 Å². The van der Waals surface area contributed by atoms with Crippen molar-refractivity contribution in [2.75, 3.05) is 6.54 Å². The maximum absolute atomic E-state index is 12.3. The van der Waals surface area contributed by atoms with E-state index in [1.54, 1.807) is 12.1 Å². The van der Waals surface area contributed by atoms with E-state index in [9.17, 15) is 9.59 Å². The molecule has 1 aromatic rings. The molecule has 0 radical (unpaired) electrons. The van der Waals surface area contributed by atoms with Gasteiger partial charge in [0.15, 0.2) is 0 Å². The Kier molecular flexibility index (Phi) is 5.29. The van der Waals surface area contributed by atoms with Crippen LogP contribution in [0.3, 0.4) is 0 Å². The van der Waals surface area contributed by atoms with Gasteiger partial charge in [0.2, 0.25) is 6.41 Å². The van der Waals surface area contributed by atoms with Gasteiger partial charge in [0.05, 0.1) is 5.54 Å². The van der Waals surface area contributed by atoms with E-state index >= 15 is 0 Å². The van der Waals surface area contributed by atoms with E-state index < -0.39 is 11.6 Å². The summed E-state index contributed by atoms with van der Waals surface area (Å²) in [6.45, 7) is 6.99. The number of hydrogen-bond acceptors (Lipinski definition) is 3. The number of hydrogen-bond donors (Lipinski definition) is 2. The van der Waals surface area contributed by atoms with E-state index in [0.29, 0.717) is 24.6 Å². The van der Waals surface area contributed by atoms with E-state index in [-0.39, 0.29) is 5.41 Å². The van der Waals surface area contributed by atoms with Crippen molar-refractivity contribution in [1.82, 2.24) is 10.6 Å². The number of ether oxygens (including phenoxy) is 1. The molecule has 2 atom stereocenters. The van der Waals surface area contributed by atoms with E-state index in [4.69, 9.17) is 4.74 Å². The number of carbonyl (C=O) groups is 2. The molecule has 2 N–H and O–H groups in total. The number of nitrogens with one attached hydrogen (secondary N) is 2. The first-order valence-corrected chi connectivity index (χ1v) is 8.06. The molecular weight excluding hydrogens is 292 g/mol. The Morgan fingerprint density at radius 1 is 1.30 bits per heavy atom. The van der Waals surface area contributed by atoms with Crippen LogP contribution in [0.15, 0.2) is 30.3 Å². The minimum Gasteiger partial charge on any atom is -0.410 e. The Balaban J connectivity index is 2.11. The van der Waals surface area contributed by atoms with Crippen molar-refractivity contribution in [3.8, 4) is 5.75 Å². The van der Waals surface area contributed by atoms with Crippen LogP contribution in [0.4, 0.5) is 4.79 Å². The average Bonchev–Trinajstić information content (AvgIpc) is 2.43. The van der Waals surface area contributed by atoms with Crippen LogP contribution in [0.2, 0.25) is 0 Å². The summed E-state index contributed by atoms with van der Waals surface area (Å²) in [5, 5.41) is 5.75. The molecule has 126 valence electrons. The van der Waals surface area contributed by atoms with Crippen LogP contribution in [0, 0.1) is 11.3 Å². The Morgan fingerprint density at radius 2 is 2.00 bits per heavy atom. The zero-order chi connectivity index (χ0) is 16.9. The van der Waals surface area contributed by atoms with Crippen molar-refractivity contribution in [3.05, 3.63) is 30.3 Å². The third-order valence-corrected chi connectivity index (χ3v) is 4.30. The lowest BCUT2D eigenvalue weighted by molar-refractivity contribution is -0.110. The number of carbonyl (C=O) groups excluding carboxylic acids is 2. The largest absolute Gasteiger partial charge is 0.413 e. The highest BCUT2D eigenvalue weighted by atomic mass is 16.6. The zero-order valence-electron chi connectivity index (χ0n) is 14.1. The molecule has 1 aliphatic rings. The summed E-state index contributed by atoms with van der Waals surface area (Å²) < 4.78 is 5.36. The Bertz CT molecular complexity index is 544. The molecule has 1 aromatic carbocycles. The number of amides is 2. The fourth-order valence-electron chi connectivity index (χ4n) is 4.09. The van der Waals surface area contributed by atoms with E-state index in [1.807, 2.05) is 18.2 Å². The molecule has 0 heterocycles. The molecule has 0 spiro atoms. The zero-order valence-corrected chi connectivity index (χ0v) is 14.1. The molecule has 2 amide bonds. The van der Waals surface area contributed by atoms with Crippen LogP contribution in [0.25, 0.3) is 0 Å². The van der Waals surface area contributed by atoms with Gasteiger partial charge in [0, 0.05) is 6.54 Å². The molecule has 1 fully saturated rings. The second-order valence-electron chi connectivity index (χ2n) is 7.46. The lowest BCUT2D eigenvalue weighted by Crippen LogP contribution is -2.60.